The molecule has 0 radical (unpaired) electrons. The highest BCUT2D eigenvalue weighted by atomic mass is 19.4. The van der Waals surface area contributed by atoms with E-state index >= 15 is 0 Å². The van der Waals surface area contributed by atoms with Crippen LogP contribution < -0.4 is 11.1 Å². The normalized spacial score (nSPS) is 24.9. The highest BCUT2D eigenvalue weighted by Crippen LogP contribution is 2.30. The van der Waals surface area contributed by atoms with Crippen LogP contribution in [0.25, 0.3) is 0 Å². The lowest BCUT2D eigenvalue weighted by atomic mass is 9.91. The van der Waals surface area contributed by atoms with Crippen molar-refractivity contribution in [3.63, 3.8) is 0 Å². The topological polar surface area (TPSA) is 58.4 Å². The van der Waals surface area contributed by atoms with Gasteiger partial charge < -0.3 is 11.1 Å². The van der Waals surface area contributed by atoms with Crippen LogP contribution >= 0.6 is 0 Å². The largest absolute Gasteiger partial charge is 0.389 e. The van der Waals surface area contributed by atoms with Gasteiger partial charge in [-0.3, -0.25) is 9.69 Å². The second-order valence-electron chi connectivity index (χ2n) is 5.83. The first-order valence-corrected chi connectivity index (χ1v) is 7.00. The van der Waals surface area contributed by atoms with E-state index in [2.05, 4.69) is 5.32 Å². The van der Waals surface area contributed by atoms with Crippen LogP contribution in [-0.4, -0.2) is 49.2 Å². The Balaban J connectivity index is 2.62. The number of likely N-dealkylation sites (tertiary alicyclic amines) is 1. The van der Waals surface area contributed by atoms with Gasteiger partial charge >= 0.3 is 6.18 Å². The molecule has 3 N–H and O–H groups in total. The number of nitrogens with zero attached hydrogens (tertiary/aromatic N) is 1. The van der Waals surface area contributed by atoms with Crippen molar-refractivity contribution < 1.29 is 18.0 Å². The van der Waals surface area contributed by atoms with Gasteiger partial charge in [0.2, 0.25) is 5.91 Å². The van der Waals surface area contributed by atoms with Crippen LogP contribution in [0.2, 0.25) is 0 Å². The molecule has 1 heterocycles. The molecule has 0 spiro atoms. The zero-order valence-corrected chi connectivity index (χ0v) is 12.0. The van der Waals surface area contributed by atoms with E-state index in [4.69, 9.17) is 5.73 Å². The minimum Gasteiger partial charge on any atom is -0.352 e. The maximum atomic E-state index is 12.5. The van der Waals surface area contributed by atoms with Crippen molar-refractivity contribution >= 4 is 5.91 Å². The monoisotopic (exact) mass is 295 g/mol. The number of hydrogen-bond acceptors (Lipinski definition) is 3. The van der Waals surface area contributed by atoms with E-state index in [1.165, 1.54) is 0 Å². The van der Waals surface area contributed by atoms with Crippen LogP contribution in [0.15, 0.2) is 0 Å². The van der Waals surface area contributed by atoms with E-state index in [-0.39, 0.29) is 17.9 Å². The van der Waals surface area contributed by atoms with Crippen LogP contribution in [0.5, 0.6) is 0 Å². The molecule has 2 unspecified atom stereocenters. The Morgan fingerprint density at radius 3 is 2.55 bits per heavy atom. The lowest BCUT2D eigenvalue weighted by Crippen LogP contribution is -2.53. The van der Waals surface area contributed by atoms with Gasteiger partial charge in [-0.1, -0.05) is 13.8 Å². The van der Waals surface area contributed by atoms with E-state index in [0.29, 0.717) is 32.6 Å². The molecule has 20 heavy (non-hydrogen) atoms. The zero-order chi connectivity index (χ0) is 15.3. The molecule has 1 fully saturated rings. The first-order valence-electron chi connectivity index (χ1n) is 7.00. The third-order valence-corrected chi connectivity index (χ3v) is 3.45. The first-order chi connectivity index (χ1) is 9.21. The molecule has 1 amide bonds. The minimum absolute atomic E-state index is 0.115. The number of nitrogens with one attached hydrogen (secondary N) is 1. The number of carbonyl (C=O) groups is 1. The summed E-state index contributed by atoms with van der Waals surface area (Å²) in [7, 11) is 0. The van der Waals surface area contributed by atoms with E-state index in [9.17, 15) is 18.0 Å². The summed E-state index contributed by atoms with van der Waals surface area (Å²) in [6.45, 7) is 5.47. The van der Waals surface area contributed by atoms with E-state index in [0.717, 1.165) is 0 Å². The Kier molecular flexibility index (Phi) is 6.26. The molecule has 7 heteroatoms. The molecule has 2 atom stereocenters. The summed E-state index contributed by atoms with van der Waals surface area (Å²) in [6.07, 6.45) is -4.59. The van der Waals surface area contributed by atoms with Crippen molar-refractivity contribution in [2.24, 2.45) is 17.6 Å². The van der Waals surface area contributed by atoms with Crippen LogP contribution in [0.1, 0.15) is 26.7 Å². The quantitative estimate of drug-likeness (QED) is 0.805. The molecule has 1 saturated heterocycles. The predicted molar refractivity (Wildman–Crippen MR) is 71.0 cm³/mol. The van der Waals surface area contributed by atoms with E-state index in [1.54, 1.807) is 13.8 Å². The van der Waals surface area contributed by atoms with Crippen LogP contribution in [0.4, 0.5) is 13.2 Å². The van der Waals surface area contributed by atoms with Crippen molar-refractivity contribution in [3.05, 3.63) is 0 Å². The standard InChI is InChI=1S/C13H24F3N3O/c1-9(2)12(20)18-11-5-10(6-13(14,15)16)7-19(8-11)4-3-17/h9-11H,3-8,17H2,1-2H3,(H,18,20). The van der Waals surface area contributed by atoms with Crippen LogP contribution in [0, 0.1) is 11.8 Å². The van der Waals surface area contributed by atoms with Gasteiger partial charge in [0, 0.05) is 44.6 Å². The summed E-state index contributed by atoms with van der Waals surface area (Å²) in [5.74, 6) is -0.760. The van der Waals surface area contributed by atoms with Gasteiger partial charge in [0.25, 0.3) is 0 Å². The smallest absolute Gasteiger partial charge is 0.352 e. The lowest BCUT2D eigenvalue weighted by Gasteiger charge is -2.38. The average Bonchev–Trinajstić information content (AvgIpc) is 2.26. The minimum atomic E-state index is -4.16. The summed E-state index contributed by atoms with van der Waals surface area (Å²) >= 11 is 0. The number of rotatable bonds is 5. The number of hydrogen-bond donors (Lipinski definition) is 2. The van der Waals surface area contributed by atoms with Gasteiger partial charge in [-0.15, -0.1) is 0 Å². The van der Waals surface area contributed by atoms with Crippen molar-refractivity contribution in [2.45, 2.75) is 38.9 Å². The van der Waals surface area contributed by atoms with E-state index in [1.807, 2.05) is 4.90 Å². The number of alkyl halides is 3. The van der Waals surface area contributed by atoms with E-state index < -0.39 is 18.5 Å². The second-order valence-corrected chi connectivity index (χ2v) is 5.83. The summed E-state index contributed by atoms with van der Waals surface area (Å²) in [4.78, 5) is 13.6. The molecular formula is C13H24F3N3O. The zero-order valence-electron chi connectivity index (χ0n) is 12.0. The third-order valence-electron chi connectivity index (χ3n) is 3.45. The second kappa shape index (κ2) is 7.26. The van der Waals surface area contributed by atoms with Crippen molar-refractivity contribution in [1.82, 2.24) is 10.2 Å². The maximum absolute atomic E-state index is 12.5. The molecule has 1 aliphatic rings. The fourth-order valence-corrected chi connectivity index (χ4v) is 2.62. The fraction of sp³-hybridized carbons (Fsp3) is 0.923. The predicted octanol–water partition coefficient (Wildman–Crippen LogP) is 1.36. The molecule has 0 aliphatic carbocycles. The molecule has 0 saturated carbocycles. The Morgan fingerprint density at radius 2 is 2.05 bits per heavy atom. The maximum Gasteiger partial charge on any atom is 0.389 e. The fourth-order valence-electron chi connectivity index (χ4n) is 2.62. The van der Waals surface area contributed by atoms with Crippen molar-refractivity contribution in [3.8, 4) is 0 Å². The molecular weight excluding hydrogens is 271 g/mol. The Morgan fingerprint density at radius 1 is 1.40 bits per heavy atom. The van der Waals surface area contributed by atoms with Crippen molar-refractivity contribution in [1.29, 1.82) is 0 Å². The molecule has 0 aromatic rings. The first kappa shape index (κ1) is 17.2. The molecule has 4 nitrogen and oxygen atoms in total. The highest BCUT2D eigenvalue weighted by molar-refractivity contribution is 5.78. The molecule has 0 aromatic heterocycles. The third kappa shape index (κ3) is 6.09. The number of piperidine rings is 1. The lowest BCUT2D eigenvalue weighted by molar-refractivity contribution is -0.149. The molecule has 1 aliphatic heterocycles. The van der Waals surface area contributed by atoms with Gasteiger partial charge in [0.1, 0.15) is 0 Å². The van der Waals surface area contributed by atoms with Gasteiger partial charge in [-0.25, -0.2) is 0 Å². The number of amides is 1. The molecule has 0 aromatic carbocycles. The van der Waals surface area contributed by atoms with Crippen molar-refractivity contribution in [2.75, 3.05) is 26.2 Å². The SMILES string of the molecule is CC(C)C(=O)NC1CC(CC(F)(F)F)CN(CCN)C1. The van der Waals surface area contributed by atoms with Gasteiger partial charge in [-0.2, -0.15) is 13.2 Å². The molecule has 0 bridgehead atoms. The molecule has 118 valence electrons. The van der Waals surface area contributed by atoms with Gasteiger partial charge in [0.15, 0.2) is 0 Å². The number of carbonyl (C=O) groups excluding carboxylic acids is 1. The Bertz CT molecular complexity index is 320. The molecule has 1 rings (SSSR count). The highest BCUT2D eigenvalue weighted by Gasteiger charge is 2.36. The summed E-state index contributed by atoms with van der Waals surface area (Å²) in [5, 5.41) is 2.83. The van der Waals surface area contributed by atoms with Gasteiger partial charge in [0.05, 0.1) is 0 Å². The number of halogens is 3. The summed E-state index contributed by atoms with van der Waals surface area (Å²) in [6, 6.07) is -0.224. The van der Waals surface area contributed by atoms with Crippen LogP contribution in [-0.2, 0) is 4.79 Å². The average molecular weight is 295 g/mol. The van der Waals surface area contributed by atoms with Gasteiger partial charge in [-0.05, 0) is 12.3 Å². The summed E-state index contributed by atoms with van der Waals surface area (Å²) < 4.78 is 37.6. The Labute approximate surface area is 117 Å². The Hall–Kier alpha value is -0.820. The summed E-state index contributed by atoms with van der Waals surface area (Å²) in [5.41, 5.74) is 5.48. The van der Waals surface area contributed by atoms with Crippen LogP contribution in [0.3, 0.4) is 0 Å². The number of nitrogens with two attached hydrogens (primary N) is 1.